The van der Waals surface area contributed by atoms with Crippen LogP contribution >= 0.6 is 11.8 Å². The van der Waals surface area contributed by atoms with Crippen molar-refractivity contribution in [1.29, 1.82) is 0 Å². The van der Waals surface area contributed by atoms with Crippen molar-refractivity contribution >= 4 is 23.4 Å². The molecule has 2 aromatic carbocycles. The summed E-state index contributed by atoms with van der Waals surface area (Å²) in [7, 11) is 0. The molecule has 0 aliphatic rings. The maximum Gasteiger partial charge on any atom is 0.269 e. The number of aryl methyl sites for hydroxylation is 3. The molecule has 0 spiro atoms. The van der Waals surface area contributed by atoms with E-state index < -0.39 is 4.92 Å². The minimum Gasteiger partial charge on any atom is -0.349 e. The summed E-state index contributed by atoms with van der Waals surface area (Å²) in [6.07, 6.45) is 0. The third-order valence-corrected chi connectivity index (χ3v) is 5.38. The Morgan fingerprint density at radius 2 is 1.73 bits per heavy atom. The summed E-state index contributed by atoms with van der Waals surface area (Å²) in [4.78, 5) is 22.4. The summed E-state index contributed by atoms with van der Waals surface area (Å²) in [5.74, 6) is 0.982. The molecule has 6 heteroatoms. The number of non-ortho nitro benzene ring substituents is 1. The zero-order valence-corrected chi connectivity index (χ0v) is 16.4. The summed E-state index contributed by atoms with van der Waals surface area (Å²) in [6, 6.07) is 10.7. The van der Waals surface area contributed by atoms with Gasteiger partial charge in [-0.25, -0.2) is 0 Å². The lowest BCUT2D eigenvalue weighted by Crippen LogP contribution is -2.28. The third kappa shape index (κ3) is 5.33. The Morgan fingerprint density at radius 3 is 2.35 bits per heavy atom. The maximum atomic E-state index is 12.2. The lowest BCUT2D eigenvalue weighted by atomic mass is 9.96. The summed E-state index contributed by atoms with van der Waals surface area (Å²) in [5, 5.41) is 13.7. The number of nitro benzene ring substituents is 1. The van der Waals surface area contributed by atoms with E-state index in [1.165, 1.54) is 40.6 Å². The Bertz CT molecular complexity index is 803. The monoisotopic (exact) mass is 372 g/mol. The van der Waals surface area contributed by atoms with Crippen LogP contribution in [0.1, 0.15) is 40.8 Å². The second-order valence-corrected chi connectivity index (χ2v) is 7.48. The zero-order valence-electron chi connectivity index (χ0n) is 15.5. The normalized spacial score (nSPS) is 11.8. The molecule has 1 amide bonds. The van der Waals surface area contributed by atoms with E-state index in [1.54, 1.807) is 12.1 Å². The summed E-state index contributed by atoms with van der Waals surface area (Å²) in [6.45, 7) is 8.22. The first-order valence-corrected chi connectivity index (χ1v) is 9.61. The molecule has 2 aromatic rings. The van der Waals surface area contributed by atoms with Gasteiger partial charge in [0.1, 0.15) is 0 Å². The molecule has 2 rings (SSSR count). The Kier molecular flexibility index (Phi) is 6.80. The van der Waals surface area contributed by atoms with Crippen LogP contribution in [-0.2, 0) is 10.5 Å². The van der Waals surface area contributed by atoms with Crippen LogP contribution < -0.4 is 5.32 Å². The summed E-state index contributed by atoms with van der Waals surface area (Å²) in [5.41, 5.74) is 5.84. The standard InChI is InChI=1S/C20H24N2O3S/c1-13-9-15(3)19(10-14(13)2)16(4)21-20(23)12-26-11-17-5-7-18(8-6-17)22(24)25/h5-10,16H,11-12H2,1-4H3,(H,21,23)/t16-/m0/s1. The van der Waals surface area contributed by atoms with E-state index in [-0.39, 0.29) is 17.6 Å². The Hall–Kier alpha value is -2.34. The number of nitro groups is 1. The molecule has 138 valence electrons. The van der Waals surface area contributed by atoms with Gasteiger partial charge in [0.15, 0.2) is 0 Å². The number of hydrogen-bond donors (Lipinski definition) is 1. The second kappa shape index (κ2) is 8.85. The van der Waals surface area contributed by atoms with Gasteiger partial charge in [0.25, 0.3) is 5.69 Å². The number of benzene rings is 2. The van der Waals surface area contributed by atoms with E-state index in [0.717, 1.165) is 11.1 Å². The number of hydrogen-bond acceptors (Lipinski definition) is 4. The van der Waals surface area contributed by atoms with E-state index >= 15 is 0 Å². The van der Waals surface area contributed by atoms with Gasteiger partial charge >= 0.3 is 0 Å². The maximum absolute atomic E-state index is 12.2. The lowest BCUT2D eigenvalue weighted by molar-refractivity contribution is -0.384. The SMILES string of the molecule is Cc1cc(C)c([C@H](C)NC(=O)CSCc2ccc([N+](=O)[O-])cc2)cc1C. The van der Waals surface area contributed by atoms with Crippen LogP contribution in [0.25, 0.3) is 0 Å². The second-order valence-electron chi connectivity index (χ2n) is 6.50. The van der Waals surface area contributed by atoms with E-state index in [0.29, 0.717) is 11.5 Å². The van der Waals surface area contributed by atoms with Gasteiger partial charge in [0, 0.05) is 17.9 Å². The number of amides is 1. The van der Waals surface area contributed by atoms with Gasteiger partial charge in [-0.3, -0.25) is 14.9 Å². The number of carbonyl (C=O) groups excluding carboxylic acids is 1. The molecule has 1 atom stereocenters. The molecule has 0 fully saturated rings. The Balaban J connectivity index is 1.85. The highest BCUT2D eigenvalue weighted by Crippen LogP contribution is 2.22. The topological polar surface area (TPSA) is 72.2 Å². The molecule has 0 aliphatic carbocycles. The summed E-state index contributed by atoms with van der Waals surface area (Å²) >= 11 is 1.49. The first-order valence-electron chi connectivity index (χ1n) is 8.46. The van der Waals surface area contributed by atoms with Crippen molar-refractivity contribution < 1.29 is 9.72 Å². The van der Waals surface area contributed by atoms with E-state index in [2.05, 4.69) is 38.2 Å². The minimum atomic E-state index is -0.416. The highest BCUT2D eigenvalue weighted by Gasteiger charge is 2.13. The van der Waals surface area contributed by atoms with Crippen LogP contribution in [0.2, 0.25) is 0 Å². The molecule has 0 bridgehead atoms. The molecule has 0 unspecified atom stereocenters. The molecule has 0 radical (unpaired) electrons. The van der Waals surface area contributed by atoms with Gasteiger partial charge in [-0.2, -0.15) is 0 Å². The van der Waals surface area contributed by atoms with Gasteiger partial charge in [0.2, 0.25) is 5.91 Å². The minimum absolute atomic E-state index is 0.0120. The van der Waals surface area contributed by atoms with Gasteiger partial charge in [-0.05, 0) is 55.5 Å². The number of carbonyl (C=O) groups is 1. The molecule has 0 aromatic heterocycles. The average Bonchev–Trinajstić information content (AvgIpc) is 2.58. The van der Waals surface area contributed by atoms with Crippen molar-refractivity contribution in [2.24, 2.45) is 0 Å². The first kappa shape index (κ1) is 20.0. The predicted octanol–water partition coefficient (Wildman–Crippen LogP) is 4.63. The quantitative estimate of drug-likeness (QED) is 0.568. The molecular weight excluding hydrogens is 348 g/mol. The molecule has 26 heavy (non-hydrogen) atoms. The predicted molar refractivity (Wildman–Crippen MR) is 106 cm³/mol. The zero-order chi connectivity index (χ0) is 19.3. The fourth-order valence-electron chi connectivity index (χ4n) is 2.79. The van der Waals surface area contributed by atoms with Gasteiger partial charge < -0.3 is 5.32 Å². The van der Waals surface area contributed by atoms with Crippen LogP contribution in [0.3, 0.4) is 0 Å². The smallest absolute Gasteiger partial charge is 0.269 e. The third-order valence-electron chi connectivity index (χ3n) is 4.38. The average molecular weight is 372 g/mol. The number of nitrogens with zero attached hydrogens (tertiary/aromatic N) is 1. The van der Waals surface area contributed by atoms with Gasteiger partial charge in [0.05, 0.1) is 16.7 Å². The number of rotatable bonds is 7. The summed E-state index contributed by atoms with van der Waals surface area (Å²) < 4.78 is 0. The highest BCUT2D eigenvalue weighted by atomic mass is 32.2. The molecule has 0 saturated heterocycles. The molecule has 0 heterocycles. The first-order chi connectivity index (χ1) is 12.3. The fourth-order valence-corrected chi connectivity index (χ4v) is 3.58. The van der Waals surface area contributed by atoms with Crippen molar-refractivity contribution in [3.63, 3.8) is 0 Å². The van der Waals surface area contributed by atoms with Gasteiger partial charge in [-0.1, -0.05) is 24.3 Å². The number of nitrogens with one attached hydrogen (secondary N) is 1. The molecule has 1 N–H and O–H groups in total. The van der Waals surface area contributed by atoms with Crippen LogP contribution in [0, 0.1) is 30.9 Å². The molecule has 0 aliphatic heterocycles. The number of thioether (sulfide) groups is 1. The van der Waals surface area contributed by atoms with E-state index in [4.69, 9.17) is 0 Å². The Labute approximate surface area is 158 Å². The van der Waals surface area contributed by atoms with Crippen molar-refractivity contribution in [1.82, 2.24) is 5.32 Å². The van der Waals surface area contributed by atoms with Crippen molar-refractivity contribution in [3.8, 4) is 0 Å². The van der Waals surface area contributed by atoms with E-state index in [9.17, 15) is 14.9 Å². The van der Waals surface area contributed by atoms with E-state index in [1.807, 2.05) is 6.92 Å². The molecule has 5 nitrogen and oxygen atoms in total. The van der Waals surface area contributed by atoms with Crippen molar-refractivity contribution in [2.45, 2.75) is 39.5 Å². The van der Waals surface area contributed by atoms with Crippen molar-refractivity contribution in [2.75, 3.05) is 5.75 Å². The van der Waals surface area contributed by atoms with Crippen LogP contribution in [-0.4, -0.2) is 16.6 Å². The van der Waals surface area contributed by atoms with Gasteiger partial charge in [-0.15, -0.1) is 11.8 Å². The molecule has 0 saturated carbocycles. The largest absolute Gasteiger partial charge is 0.349 e. The van der Waals surface area contributed by atoms with Crippen molar-refractivity contribution in [3.05, 3.63) is 74.3 Å². The highest BCUT2D eigenvalue weighted by molar-refractivity contribution is 7.99. The fraction of sp³-hybridized carbons (Fsp3) is 0.350. The molecular formula is C20H24N2O3S. The lowest BCUT2D eigenvalue weighted by Gasteiger charge is -2.18. The van der Waals surface area contributed by atoms with Crippen LogP contribution in [0.5, 0.6) is 0 Å². The van der Waals surface area contributed by atoms with Crippen LogP contribution in [0.15, 0.2) is 36.4 Å². The van der Waals surface area contributed by atoms with Crippen LogP contribution in [0.4, 0.5) is 5.69 Å². The Morgan fingerprint density at radius 1 is 1.12 bits per heavy atom.